The Morgan fingerprint density at radius 3 is 2.88 bits per heavy atom. The minimum Gasteiger partial charge on any atom is -0.380 e. The van der Waals surface area contributed by atoms with E-state index in [0.29, 0.717) is 0 Å². The molecular weight excluding hydrogens is 120 g/mol. The van der Waals surface area contributed by atoms with Crippen molar-refractivity contribution in [2.45, 2.75) is 18.1 Å². The first-order valence-corrected chi connectivity index (χ1v) is 4.33. The molecule has 0 amide bonds. The van der Waals surface area contributed by atoms with Gasteiger partial charge in [-0.05, 0) is 19.1 Å². The number of hydrogen-bond donors (Lipinski definition) is 0. The third-order valence-corrected chi connectivity index (χ3v) is 2.49. The summed E-state index contributed by atoms with van der Waals surface area (Å²) in [5, 5.41) is 0.781. The fourth-order valence-corrected chi connectivity index (χ4v) is 1.53. The molecule has 1 fully saturated rings. The van der Waals surface area contributed by atoms with Gasteiger partial charge in [-0.2, -0.15) is 11.8 Å². The van der Waals surface area contributed by atoms with Crippen LogP contribution >= 0.6 is 11.8 Å². The molecule has 1 aliphatic rings. The first-order chi connectivity index (χ1) is 3.93. The molecule has 48 valence electrons. The van der Waals surface area contributed by atoms with Gasteiger partial charge < -0.3 is 4.74 Å². The lowest BCUT2D eigenvalue weighted by Crippen LogP contribution is -2.18. The van der Waals surface area contributed by atoms with Gasteiger partial charge in [-0.15, -0.1) is 0 Å². The van der Waals surface area contributed by atoms with Crippen molar-refractivity contribution in [3.05, 3.63) is 0 Å². The van der Waals surface area contributed by atoms with Crippen molar-refractivity contribution in [2.24, 2.45) is 0 Å². The lowest BCUT2D eigenvalue weighted by atomic mass is 10.2. The molecule has 0 unspecified atom stereocenters. The van der Waals surface area contributed by atoms with Crippen LogP contribution in [0.25, 0.3) is 0 Å². The van der Waals surface area contributed by atoms with Crippen LogP contribution in [-0.4, -0.2) is 24.7 Å². The van der Waals surface area contributed by atoms with Crippen molar-refractivity contribution in [1.29, 1.82) is 0 Å². The zero-order valence-corrected chi connectivity index (χ0v) is 6.04. The van der Waals surface area contributed by atoms with Crippen molar-refractivity contribution >= 4 is 11.8 Å². The highest BCUT2D eigenvalue weighted by atomic mass is 32.2. The van der Waals surface area contributed by atoms with Crippen LogP contribution < -0.4 is 0 Å². The summed E-state index contributed by atoms with van der Waals surface area (Å²) >= 11 is 1.92. The molecule has 0 N–H and O–H groups in total. The number of thioether (sulfide) groups is 1. The molecule has 1 rings (SSSR count). The summed E-state index contributed by atoms with van der Waals surface area (Å²) in [4.78, 5) is 0. The predicted octanol–water partition coefficient (Wildman–Crippen LogP) is 1.53. The Balaban J connectivity index is 2.13. The van der Waals surface area contributed by atoms with E-state index in [-0.39, 0.29) is 0 Å². The predicted molar refractivity (Wildman–Crippen MR) is 37.4 cm³/mol. The molecule has 0 saturated carbocycles. The summed E-state index contributed by atoms with van der Waals surface area (Å²) in [6, 6.07) is 0. The fourth-order valence-electron chi connectivity index (χ4n) is 0.897. The van der Waals surface area contributed by atoms with Crippen LogP contribution in [0.5, 0.6) is 0 Å². The van der Waals surface area contributed by atoms with Crippen LogP contribution in [-0.2, 0) is 4.74 Å². The minimum atomic E-state index is 0.781. The fraction of sp³-hybridized carbons (Fsp3) is 1.00. The van der Waals surface area contributed by atoms with Gasteiger partial charge in [-0.25, -0.2) is 0 Å². The lowest BCUT2D eigenvalue weighted by Gasteiger charge is -2.19. The molecule has 0 radical (unpaired) electrons. The Bertz CT molecular complexity index is 59.5. The van der Waals surface area contributed by atoms with Crippen LogP contribution in [0.2, 0.25) is 0 Å². The Kier molecular flexibility index (Phi) is 2.70. The summed E-state index contributed by atoms with van der Waals surface area (Å²) in [7, 11) is 0. The van der Waals surface area contributed by atoms with Crippen LogP contribution in [0.1, 0.15) is 12.8 Å². The maximum Gasteiger partial charge on any atom is 0.0584 e. The van der Waals surface area contributed by atoms with Gasteiger partial charge in [0.15, 0.2) is 0 Å². The number of hydrogen-bond acceptors (Lipinski definition) is 2. The van der Waals surface area contributed by atoms with Crippen LogP contribution in [0.3, 0.4) is 0 Å². The van der Waals surface area contributed by atoms with E-state index in [2.05, 4.69) is 6.26 Å². The zero-order chi connectivity index (χ0) is 5.82. The van der Waals surface area contributed by atoms with Crippen molar-refractivity contribution in [1.82, 2.24) is 0 Å². The van der Waals surface area contributed by atoms with Gasteiger partial charge in [-0.3, -0.25) is 0 Å². The lowest BCUT2D eigenvalue weighted by molar-refractivity contribution is 0.102. The molecular formula is C6H12OS. The van der Waals surface area contributed by atoms with Crippen molar-refractivity contribution in [2.75, 3.05) is 19.5 Å². The zero-order valence-electron chi connectivity index (χ0n) is 5.22. The van der Waals surface area contributed by atoms with E-state index in [9.17, 15) is 0 Å². The maximum atomic E-state index is 5.25. The topological polar surface area (TPSA) is 9.23 Å². The Morgan fingerprint density at radius 1 is 1.62 bits per heavy atom. The van der Waals surface area contributed by atoms with E-state index in [0.717, 1.165) is 18.5 Å². The molecule has 0 aliphatic carbocycles. The highest BCUT2D eigenvalue weighted by Crippen LogP contribution is 2.17. The summed E-state index contributed by atoms with van der Waals surface area (Å²) in [6.45, 7) is 1.96. The van der Waals surface area contributed by atoms with Gasteiger partial charge >= 0.3 is 0 Å². The van der Waals surface area contributed by atoms with Crippen LogP contribution in [0.15, 0.2) is 0 Å². The van der Waals surface area contributed by atoms with E-state index in [1.54, 1.807) is 0 Å². The molecule has 1 saturated heterocycles. The van der Waals surface area contributed by atoms with E-state index in [1.165, 1.54) is 12.8 Å². The van der Waals surface area contributed by atoms with E-state index < -0.39 is 0 Å². The molecule has 0 aromatic carbocycles. The first kappa shape index (κ1) is 6.43. The largest absolute Gasteiger partial charge is 0.380 e. The number of rotatable bonds is 1. The molecule has 8 heavy (non-hydrogen) atoms. The standard InChI is InChI=1S/C6H12OS/c1-8-6-3-2-4-7-5-6/h6H,2-5H2,1H3/t6-/m0/s1. The van der Waals surface area contributed by atoms with Crippen LogP contribution in [0.4, 0.5) is 0 Å². The van der Waals surface area contributed by atoms with Gasteiger partial charge in [0.2, 0.25) is 0 Å². The highest BCUT2D eigenvalue weighted by Gasteiger charge is 2.10. The molecule has 2 heteroatoms. The normalized spacial score (nSPS) is 30.4. The molecule has 0 aromatic heterocycles. The third-order valence-electron chi connectivity index (χ3n) is 1.45. The smallest absolute Gasteiger partial charge is 0.0584 e. The molecule has 0 aromatic rings. The summed E-state index contributed by atoms with van der Waals surface area (Å²) in [6.07, 6.45) is 4.76. The second-order valence-corrected chi connectivity index (χ2v) is 3.21. The first-order valence-electron chi connectivity index (χ1n) is 3.04. The summed E-state index contributed by atoms with van der Waals surface area (Å²) < 4.78 is 5.25. The number of ether oxygens (including phenoxy) is 1. The quantitative estimate of drug-likeness (QED) is 0.535. The summed E-state index contributed by atoms with van der Waals surface area (Å²) in [5.74, 6) is 0. The second-order valence-electron chi connectivity index (χ2n) is 2.07. The maximum absolute atomic E-state index is 5.25. The van der Waals surface area contributed by atoms with Crippen molar-refractivity contribution < 1.29 is 4.74 Å². The molecule has 1 nitrogen and oxygen atoms in total. The second kappa shape index (κ2) is 3.36. The van der Waals surface area contributed by atoms with Gasteiger partial charge in [0.05, 0.1) is 6.61 Å². The molecule has 1 aliphatic heterocycles. The average Bonchev–Trinajstić information content (AvgIpc) is 1.90. The Morgan fingerprint density at radius 2 is 2.50 bits per heavy atom. The molecule has 1 heterocycles. The van der Waals surface area contributed by atoms with Crippen LogP contribution in [0, 0.1) is 0 Å². The van der Waals surface area contributed by atoms with Gasteiger partial charge in [0, 0.05) is 11.9 Å². The van der Waals surface area contributed by atoms with E-state index >= 15 is 0 Å². The third kappa shape index (κ3) is 1.67. The Labute approximate surface area is 54.8 Å². The van der Waals surface area contributed by atoms with E-state index in [4.69, 9.17) is 4.74 Å². The van der Waals surface area contributed by atoms with Crippen molar-refractivity contribution in [3.8, 4) is 0 Å². The van der Waals surface area contributed by atoms with E-state index in [1.807, 2.05) is 11.8 Å². The Hall–Kier alpha value is 0.310. The minimum absolute atomic E-state index is 0.781. The molecule has 0 spiro atoms. The molecule has 0 bridgehead atoms. The summed E-state index contributed by atoms with van der Waals surface area (Å²) in [5.41, 5.74) is 0. The highest BCUT2D eigenvalue weighted by molar-refractivity contribution is 7.99. The van der Waals surface area contributed by atoms with Gasteiger partial charge in [-0.1, -0.05) is 0 Å². The monoisotopic (exact) mass is 132 g/mol. The molecule has 1 atom stereocenters. The average molecular weight is 132 g/mol. The SMILES string of the molecule is CS[C@H]1CCCOC1. The van der Waals surface area contributed by atoms with Gasteiger partial charge in [0.25, 0.3) is 0 Å². The van der Waals surface area contributed by atoms with Gasteiger partial charge in [0.1, 0.15) is 0 Å². The van der Waals surface area contributed by atoms with Crippen molar-refractivity contribution in [3.63, 3.8) is 0 Å².